The van der Waals surface area contributed by atoms with Gasteiger partial charge in [-0.3, -0.25) is 4.79 Å². The summed E-state index contributed by atoms with van der Waals surface area (Å²) >= 11 is 0. The molecule has 118 valence electrons. The van der Waals surface area contributed by atoms with E-state index in [2.05, 4.69) is 0 Å². The number of nitrogens with two attached hydrogens (primary N) is 1. The van der Waals surface area contributed by atoms with Crippen LogP contribution in [0.25, 0.3) is 0 Å². The van der Waals surface area contributed by atoms with Gasteiger partial charge in [0.25, 0.3) is 0 Å². The van der Waals surface area contributed by atoms with Crippen LogP contribution >= 0.6 is 0 Å². The standard InChI is InChI=1S/C13H26N2O4S/c1-3-15(12-8-6-5-7-11(12)9-14)20(17,18)10-13(16)19-4-2/h11-12H,3-10,14H2,1-2H3. The van der Waals surface area contributed by atoms with Crippen LogP contribution in [0, 0.1) is 5.92 Å². The van der Waals surface area contributed by atoms with Crippen molar-refractivity contribution in [2.45, 2.75) is 45.6 Å². The molecule has 1 rings (SSSR count). The molecule has 0 radical (unpaired) electrons. The molecule has 2 atom stereocenters. The van der Waals surface area contributed by atoms with Crippen molar-refractivity contribution >= 4 is 16.0 Å². The van der Waals surface area contributed by atoms with Gasteiger partial charge >= 0.3 is 5.97 Å². The number of carbonyl (C=O) groups is 1. The largest absolute Gasteiger partial charge is 0.465 e. The van der Waals surface area contributed by atoms with Gasteiger partial charge in [0, 0.05) is 12.6 Å². The van der Waals surface area contributed by atoms with Crippen molar-refractivity contribution in [3.05, 3.63) is 0 Å². The van der Waals surface area contributed by atoms with Crippen LogP contribution in [-0.4, -0.2) is 50.2 Å². The molecule has 20 heavy (non-hydrogen) atoms. The lowest BCUT2D eigenvalue weighted by molar-refractivity contribution is -0.140. The van der Waals surface area contributed by atoms with E-state index in [-0.39, 0.29) is 18.6 Å². The molecule has 1 aliphatic rings. The fourth-order valence-electron chi connectivity index (χ4n) is 2.91. The number of rotatable bonds is 7. The molecule has 0 heterocycles. The van der Waals surface area contributed by atoms with E-state index in [1.165, 1.54) is 4.31 Å². The molecule has 0 spiro atoms. The number of esters is 1. The Bertz CT molecular complexity index is 411. The van der Waals surface area contributed by atoms with Crippen molar-refractivity contribution < 1.29 is 17.9 Å². The molecular weight excluding hydrogens is 280 g/mol. The summed E-state index contributed by atoms with van der Waals surface area (Å²) < 4.78 is 31.0. The molecule has 1 fully saturated rings. The highest BCUT2D eigenvalue weighted by Gasteiger charge is 2.36. The summed E-state index contributed by atoms with van der Waals surface area (Å²) in [5, 5.41) is 0. The zero-order valence-electron chi connectivity index (χ0n) is 12.4. The van der Waals surface area contributed by atoms with E-state index in [0.717, 1.165) is 25.7 Å². The summed E-state index contributed by atoms with van der Waals surface area (Å²) in [4.78, 5) is 11.5. The second-order valence-corrected chi connectivity index (χ2v) is 7.03. The Morgan fingerprint density at radius 1 is 1.30 bits per heavy atom. The summed E-state index contributed by atoms with van der Waals surface area (Å²) in [5.41, 5.74) is 5.77. The van der Waals surface area contributed by atoms with E-state index in [0.29, 0.717) is 13.1 Å². The minimum atomic E-state index is -3.63. The maximum absolute atomic E-state index is 12.4. The van der Waals surface area contributed by atoms with Crippen molar-refractivity contribution in [3.8, 4) is 0 Å². The number of hydrogen-bond donors (Lipinski definition) is 1. The van der Waals surface area contributed by atoms with E-state index in [1.54, 1.807) is 13.8 Å². The first-order valence-corrected chi connectivity index (χ1v) is 8.92. The molecule has 2 unspecified atom stereocenters. The third kappa shape index (κ3) is 4.43. The molecule has 0 aromatic heterocycles. The second-order valence-electron chi connectivity index (χ2n) is 5.11. The van der Waals surface area contributed by atoms with Gasteiger partial charge in [-0.05, 0) is 32.2 Å². The molecule has 0 amide bonds. The molecule has 0 aliphatic heterocycles. The van der Waals surface area contributed by atoms with Crippen molar-refractivity contribution in [1.82, 2.24) is 4.31 Å². The van der Waals surface area contributed by atoms with Gasteiger partial charge in [0.2, 0.25) is 10.0 Å². The number of nitrogens with zero attached hydrogens (tertiary/aromatic N) is 1. The first-order chi connectivity index (χ1) is 9.46. The first-order valence-electron chi connectivity index (χ1n) is 7.31. The zero-order valence-corrected chi connectivity index (χ0v) is 13.2. The van der Waals surface area contributed by atoms with Crippen LogP contribution in [0.2, 0.25) is 0 Å². The molecule has 0 bridgehead atoms. The maximum atomic E-state index is 12.4. The third-order valence-electron chi connectivity index (χ3n) is 3.82. The number of hydrogen-bond acceptors (Lipinski definition) is 5. The topological polar surface area (TPSA) is 89.7 Å². The first kappa shape index (κ1) is 17.4. The third-order valence-corrected chi connectivity index (χ3v) is 5.66. The Kier molecular flexibility index (Phi) is 6.91. The van der Waals surface area contributed by atoms with E-state index < -0.39 is 21.7 Å². The summed E-state index contributed by atoms with van der Waals surface area (Å²) in [7, 11) is -3.63. The van der Waals surface area contributed by atoms with Crippen molar-refractivity contribution in [1.29, 1.82) is 0 Å². The summed E-state index contributed by atoms with van der Waals surface area (Å²) in [6.45, 7) is 4.49. The zero-order chi connectivity index (χ0) is 15.2. The average Bonchev–Trinajstić information content (AvgIpc) is 2.39. The van der Waals surface area contributed by atoms with Crippen LogP contribution in [0.3, 0.4) is 0 Å². The molecular formula is C13H26N2O4S. The second kappa shape index (κ2) is 7.95. The highest BCUT2D eigenvalue weighted by Crippen LogP contribution is 2.29. The van der Waals surface area contributed by atoms with Crippen LogP contribution in [-0.2, 0) is 19.6 Å². The summed E-state index contributed by atoms with van der Waals surface area (Å²) in [6, 6.07) is -0.0850. The Balaban J connectivity index is 2.84. The van der Waals surface area contributed by atoms with E-state index in [9.17, 15) is 13.2 Å². The van der Waals surface area contributed by atoms with Crippen LogP contribution < -0.4 is 5.73 Å². The Morgan fingerprint density at radius 3 is 2.50 bits per heavy atom. The summed E-state index contributed by atoms with van der Waals surface area (Å²) in [5.74, 6) is -1.09. The van der Waals surface area contributed by atoms with Gasteiger partial charge in [-0.2, -0.15) is 4.31 Å². The normalized spacial score (nSPS) is 23.8. The quantitative estimate of drug-likeness (QED) is 0.700. The molecule has 0 aromatic rings. The van der Waals surface area contributed by atoms with E-state index in [4.69, 9.17) is 10.5 Å². The lowest BCUT2D eigenvalue weighted by Gasteiger charge is -2.38. The molecule has 7 heteroatoms. The van der Waals surface area contributed by atoms with E-state index in [1.807, 2.05) is 0 Å². The SMILES string of the molecule is CCOC(=O)CS(=O)(=O)N(CC)C1CCCCC1CN. The highest BCUT2D eigenvalue weighted by molar-refractivity contribution is 7.89. The minimum absolute atomic E-state index is 0.0850. The van der Waals surface area contributed by atoms with Gasteiger partial charge in [-0.1, -0.05) is 19.8 Å². The highest BCUT2D eigenvalue weighted by atomic mass is 32.2. The van der Waals surface area contributed by atoms with Crippen molar-refractivity contribution in [2.24, 2.45) is 11.7 Å². The molecule has 0 saturated heterocycles. The van der Waals surface area contributed by atoms with Crippen LogP contribution in [0.5, 0.6) is 0 Å². The predicted molar refractivity (Wildman–Crippen MR) is 77.6 cm³/mol. The Morgan fingerprint density at radius 2 is 1.95 bits per heavy atom. The average molecular weight is 306 g/mol. The van der Waals surface area contributed by atoms with Gasteiger partial charge < -0.3 is 10.5 Å². The van der Waals surface area contributed by atoms with Crippen molar-refractivity contribution in [3.63, 3.8) is 0 Å². The number of ether oxygens (including phenoxy) is 1. The monoisotopic (exact) mass is 306 g/mol. The fourth-order valence-corrected chi connectivity index (χ4v) is 4.54. The van der Waals surface area contributed by atoms with E-state index >= 15 is 0 Å². The minimum Gasteiger partial charge on any atom is -0.465 e. The molecule has 6 nitrogen and oxygen atoms in total. The van der Waals surface area contributed by atoms with Gasteiger partial charge in [0.05, 0.1) is 6.61 Å². The summed E-state index contributed by atoms with van der Waals surface area (Å²) in [6.07, 6.45) is 3.87. The van der Waals surface area contributed by atoms with Gasteiger partial charge in [0.15, 0.2) is 5.75 Å². The van der Waals surface area contributed by atoms with Gasteiger partial charge in [0.1, 0.15) is 0 Å². The smallest absolute Gasteiger partial charge is 0.322 e. The van der Waals surface area contributed by atoms with Crippen LogP contribution in [0.1, 0.15) is 39.5 Å². The molecule has 1 saturated carbocycles. The molecule has 1 aliphatic carbocycles. The number of sulfonamides is 1. The van der Waals surface area contributed by atoms with Gasteiger partial charge in [-0.25, -0.2) is 8.42 Å². The lowest BCUT2D eigenvalue weighted by Crippen LogP contribution is -2.49. The van der Waals surface area contributed by atoms with Crippen molar-refractivity contribution in [2.75, 3.05) is 25.4 Å². The lowest BCUT2D eigenvalue weighted by atomic mass is 9.84. The Labute approximate surface area is 121 Å². The predicted octanol–water partition coefficient (Wildman–Crippen LogP) is 0.719. The van der Waals surface area contributed by atoms with Crippen LogP contribution in [0.4, 0.5) is 0 Å². The van der Waals surface area contributed by atoms with Crippen LogP contribution in [0.15, 0.2) is 0 Å². The molecule has 2 N–H and O–H groups in total. The maximum Gasteiger partial charge on any atom is 0.322 e. The van der Waals surface area contributed by atoms with Gasteiger partial charge in [-0.15, -0.1) is 0 Å². The number of carbonyl (C=O) groups excluding carboxylic acids is 1. The molecule has 0 aromatic carbocycles. The fraction of sp³-hybridized carbons (Fsp3) is 0.923. The Hall–Kier alpha value is -0.660.